The molecule has 1 fully saturated rings. The van der Waals surface area contributed by atoms with Crippen molar-refractivity contribution < 1.29 is 13.9 Å². The Morgan fingerprint density at radius 2 is 2.04 bits per heavy atom. The Hall–Kier alpha value is -1.86. The minimum atomic E-state index is -0.269. The molecule has 0 spiro atoms. The van der Waals surface area contributed by atoms with Crippen LogP contribution in [0.2, 0.25) is 0 Å². The van der Waals surface area contributed by atoms with Crippen LogP contribution in [0.15, 0.2) is 29.3 Å². The van der Waals surface area contributed by atoms with Gasteiger partial charge in [0.2, 0.25) is 0 Å². The first-order valence-electron chi connectivity index (χ1n) is 9.67. The Labute approximate surface area is 162 Å². The molecule has 0 aromatic heterocycles. The molecule has 1 aliphatic rings. The van der Waals surface area contributed by atoms with Crippen molar-refractivity contribution in [1.82, 2.24) is 15.5 Å². The summed E-state index contributed by atoms with van der Waals surface area (Å²) in [7, 11) is 1.74. The van der Waals surface area contributed by atoms with Gasteiger partial charge in [-0.05, 0) is 37.1 Å². The summed E-state index contributed by atoms with van der Waals surface area (Å²) in [6.07, 6.45) is 0.0745. The van der Waals surface area contributed by atoms with Gasteiger partial charge in [-0.15, -0.1) is 0 Å². The number of ether oxygens (including phenoxy) is 2. The summed E-state index contributed by atoms with van der Waals surface area (Å²) >= 11 is 0. The molecular formula is C20H33FN4O2. The van der Waals surface area contributed by atoms with E-state index in [1.807, 2.05) is 6.92 Å². The molecule has 2 atom stereocenters. The molecule has 0 bridgehead atoms. The average Bonchev–Trinajstić information content (AvgIpc) is 2.63. The smallest absolute Gasteiger partial charge is 0.191 e. The van der Waals surface area contributed by atoms with Gasteiger partial charge in [-0.1, -0.05) is 13.8 Å². The third kappa shape index (κ3) is 8.13. The van der Waals surface area contributed by atoms with E-state index in [0.717, 1.165) is 26.2 Å². The maximum absolute atomic E-state index is 12.9. The first-order chi connectivity index (χ1) is 13.0. The number of guanidine groups is 1. The van der Waals surface area contributed by atoms with Crippen molar-refractivity contribution in [3.05, 3.63) is 30.1 Å². The van der Waals surface area contributed by atoms with Gasteiger partial charge in [-0.3, -0.25) is 9.89 Å². The van der Waals surface area contributed by atoms with Crippen LogP contribution in [0.4, 0.5) is 4.39 Å². The first-order valence-corrected chi connectivity index (χ1v) is 9.67. The van der Waals surface area contributed by atoms with Crippen molar-refractivity contribution in [1.29, 1.82) is 0 Å². The summed E-state index contributed by atoms with van der Waals surface area (Å²) in [5.41, 5.74) is 0. The summed E-state index contributed by atoms with van der Waals surface area (Å²) in [5.74, 6) is 1.76. The van der Waals surface area contributed by atoms with Gasteiger partial charge in [0.25, 0.3) is 0 Å². The van der Waals surface area contributed by atoms with Crippen LogP contribution < -0.4 is 15.4 Å². The number of nitrogens with one attached hydrogen (secondary N) is 2. The van der Waals surface area contributed by atoms with Crippen LogP contribution in [-0.4, -0.2) is 69.4 Å². The van der Waals surface area contributed by atoms with E-state index in [1.54, 1.807) is 19.2 Å². The number of hydrogen-bond donors (Lipinski definition) is 2. The molecule has 152 valence electrons. The zero-order valence-electron chi connectivity index (χ0n) is 16.9. The molecule has 1 heterocycles. The first kappa shape index (κ1) is 21.4. The number of nitrogens with zero attached hydrogens (tertiary/aromatic N) is 2. The minimum absolute atomic E-state index is 0.0820. The number of morpholine rings is 1. The van der Waals surface area contributed by atoms with E-state index < -0.39 is 0 Å². The van der Waals surface area contributed by atoms with Gasteiger partial charge < -0.3 is 20.1 Å². The lowest BCUT2D eigenvalue weighted by Gasteiger charge is -2.34. The van der Waals surface area contributed by atoms with Gasteiger partial charge in [0, 0.05) is 33.2 Å². The predicted molar refractivity (Wildman–Crippen MR) is 107 cm³/mol. The molecule has 2 rings (SSSR count). The largest absolute Gasteiger partial charge is 0.489 e. The van der Waals surface area contributed by atoms with Gasteiger partial charge in [-0.25, -0.2) is 4.39 Å². The maximum Gasteiger partial charge on any atom is 0.191 e. The molecule has 7 heteroatoms. The third-order valence-electron chi connectivity index (χ3n) is 4.27. The number of aliphatic imine (C=N–C) groups is 1. The molecule has 1 aliphatic heterocycles. The highest BCUT2D eigenvalue weighted by atomic mass is 19.1. The van der Waals surface area contributed by atoms with Crippen LogP contribution in [0.5, 0.6) is 5.75 Å². The van der Waals surface area contributed by atoms with E-state index in [2.05, 4.69) is 34.4 Å². The summed E-state index contributed by atoms with van der Waals surface area (Å²) in [5, 5.41) is 6.58. The lowest BCUT2D eigenvalue weighted by atomic mass is 10.2. The normalized spacial score (nSPS) is 19.8. The Bertz CT molecular complexity index is 580. The SMILES string of the molecule is CN=C(NCC(C)Oc1ccc(F)cc1)NCC1CN(CC(C)C)CCO1. The molecule has 6 nitrogen and oxygen atoms in total. The summed E-state index contributed by atoms with van der Waals surface area (Å²) in [6, 6.07) is 6.04. The fraction of sp³-hybridized carbons (Fsp3) is 0.650. The molecule has 0 saturated carbocycles. The summed E-state index contributed by atoms with van der Waals surface area (Å²) in [6.45, 7) is 11.5. The molecule has 1 aromatic carbocycles. The van der Waals surface area contributed by atoms with Gasteiger partial charge in [0.1, 0.15) is 17.7 Å². The van der Waals surface area contributed by atoms with E-state index in [1.165, 1.54) is 12.1 Å². The van der Waals surface area contributed by atoms with E-state index >= 15 is 0 Å². The molecule has 1 saturated heterocycles. The minimum Gasteiger partial charge on any atom is -0.489 e. The lowest BCUT2D eigenvalue weighted by Crippen LogP contribution is -2.50. The van der Waals surface area contributed by atoms with Crippen LogP contribution in [0.3, 0.4) is 0 Å². The maximum atomic E-state index is 12.9. The van der Waals surface area contributed by atoms with Gasteiger partial charge in [0.15, 0.2) is 5.96 Å². The van der Waals surface area contributed by atoms with E-state index in [9.17, 15) is 4.39 Å². The second-order valence-electron chi connectivity index (χ2n) is 7.36. The van der Waals surface area contributed by atoms with Crippen molar-refractivity contribution in [3.8, 4) is 5.75 Å². The molecular weight excluding hydrogens is 347 g/mol. The molecule has 1 aromatic rings. The highest BCUT2D eigenvalue weighted by Gasteiger charge is 2.21. The van der Waals surface area contributed by atoms with Crippen LogP contribution in [0, 0.1) is 11.7 Å². The fourth-order valence-corrected chi connectivity index (χ4v) is 3.04. The van der Waals surface area contributed by atoms with Crippen LogP contribution in [-0.2, 0) is 4.74 Å². The van der Waals surface area contributed by atoms with Crippen molar-refractivity contribution in [2.75, 3.05) is 46.4 Å². The Morgan fingerprint density at radius 1 is 1.30 bits per heavy atom. The Kier molecular flexibility index (Phi) is 8.81. The number of benzene rings is 1. The second-order valence-corrected chi connectivity index (χ2v) is 7.36. The molecule has 0 amide bonds. The van der Waals surface area contributed by atoms with E-state index in [-0.39, 0.29) is 18.0 Å². The van der Waals surface area contributed by atoms with Gasteiger partial charge >= 0.3 is 0 Å². The summed E-state index contributed by atoms with van der Waals surface area (Å²) < 4.78 is 24.6. The molecule has 2 N–H and O–H groups in total. The fourth-order valence-electron chi connectivity index (χ4n) is 3.04. The van der Waals surface area contributed by atoms with E-state index in [4.69, 9.17) is 9.47 Å². The van der Waals surface area contributed by atoms with E-state index in [0.29, 0.717) is 30.7 Å². The highest BCUT2D eigenvalue weighted by Crippen LogP contribution is 2.12. The predicted octanol–water partition coefficient (Wildman–Crippen LogP) is 2.11. The average molecular weight is 381 g/mol. The third-order valence-corrected chi connectivity index (χ3v) is 4.27. The Balaban J connectivity index is 1.69. The van der Waals surface area contributed by atoms with Crippen molar-refractivity contribution >= 4 is 5.96 Å². The van der Waals surface area contributed by atoms with Crippen LogP contribution >= 0.6 is 0 Å². The summed E-state index contributed by atoms with van der Waals surface area (Å²) in [4.78, 5) is 6.70. The van der Waals surface area contributed by atoms with Gasteiger partial charge in [-0.2, -0.15) is 0 Å². The second kappa shape index (κ2) is 11.1. The molecule has 2 unspecified atom stereocenters. The van der Waals surface area contributed by atoms with Crippen molar-refractivity contribution in [2.24, 2.45) is 10.9 Å². The standard InChI is InChI=1S/C20H33FN4O2/c1-15(2)13-25-9-10-26-19(14-25)12-24-20(22-4)23-11-16(3)27-18-7-5-17(21)6-8-18/h5-8,15-16,19H,9-14H2,1-4H3,(H2,22,23,24). The monoisotopic (exact) mass is 380 g/mol. The lowest BCUT2D eigenvalue weighted by molar-refractivity contribution is -0.0284. The molecule has 0 radical (unpaired) electrons. The van der Waals surface area contributed by atoms with Crippen LogP contribution in [0.1, 0.15) is 20.8 Å². The van der Waals surface area contributed by atoms with Gasteiger partial charge in [0.05, 0.1) is 19.3 Å². The number of hydrogen-bond acceptors (Lipinski definition) is 4. The van der Waals surface area contributed by atoms with Crippen LogP contribution in [0.25, 0.3) is 0 Å². The van der Waals surface area contributed by atoms with Crippen molar-refractivity contribution in [2.45, 2.75) is 33.0 Å². The molecule has 0 aliphatic carbocycles. The van der Waals surface area contributed by atoms with Crippen molar-refractivity contribution in [3.63, 3.8) is 0 Å². The quantitative estimate of drug-likeness (QED) is 0.534. The topological polar surface area (TPSA) is 58.1 Å². The zero-order chi connectivity index (χ0) is 19.6. The number of halogens is 1. The highest BCUT2D eigenvalue weighted by molar-refractivity contribution is 5.79. The zero-order valence-corrected chi connectivity index (χ0v) is 16.9. The number of rotatable bonds is 8. The molecule has 27 heavy (non-hydrogen) atoms. The Morgan fingerprint density at radius 3 is 2.70 bits per heavy atom.